The van der Waals surface area contributed by atoms with Crippen LogP contribution in [-0.4, -0.2) is 37.2 Å². The largest absolute Gasteiger partial charge is 0.476 e. The van der Waals surface area contributed by atoms with Crippen molar-refractivity contribution in [1.29, 1.82) is 0 Å². The van der Waals surface area contributed by atoms with E-state index < -0.39 is 5.97 Å². The molecule has 106 valence electrons. The highest BCUT2D eigenvalue weighted by atomic mass is 16.5. The second kappa shape index (κ2) is 4.75. The van der Waals surface area contributed by atoms with Crippen LogP contribution in [0.2, 0.25) is 0 Å². The van der Waals surface area contributed by atoms with Gasteiger partial charge in [-0.05, 0) is 6.42 Å². The predicted molar refractivity (Wildman–Crippen MR) is 70.0 cm³/mol. The molecule has 0 fully saturated rings. The van der Waals surface area contributed by atoms with Crippen molar-refractivity contribution in [3.05, 3.63) is 28.8 Å². The predicted octanol–water partition coefficient (Wildman–Crippen LogP) is 0.939. The van der Waals surface area contributed by atoms with Crippen LogP contribution >= 0.6 is 0 Å². The van der Waals surface area contributed by atoms with Crippen LogP contribution in [0.15, 0.2) is 6.20 Å². The molecule has 2 aromatic rings. The molecule has 0 aliphatic carbocycles. The van der Waals surface area contributed by atoms with Gasteiger partial charge in [0.1, 0.15) is 5.69 Å². The van der Waals surface area contributed by atoms with E-state index in [1.165, 1.54) is 0 Å². The molecule has 0 radical (unpaired) electrons. The third-order valence-corrected chi connectivity index (χ3v) is 3.47. The van der Waals surface area contributed by atoms with Crippen molar-refractivity contribution in [2.45, 2.75) is 26.4 Å². The number of hydrogen-bond donors (Lipinski definition) is 1. The van der Waals surface area contributed by atoms with Crippen LogP contribution < -0.4 is 0 Å². The lowest BCUT2D eigenvalue weighted by molar-refractivity contribution is 0.0677. The summed E-state index contributed by atoms with van der Waals surface area (Å²) in [6.07, 6.45) is 3.30. The molecule has 1 aliphatic rings. The van der Waals surface area contributed by atoms with E-state index in [4.69, 9.17) is 4.74 Å². The SMILES string of the molecule is CCc1nn(C)cc1-n1nc(C(=O)O)c2c1CCOC2. The second-order valence-corrected chi connectivity index (χ2v) is 4.78. The summed E-state index contributed by atoms with van der Waals surface area (Å²) in [5.41, 5.74) is 3.42. The maximum atomic E-state index is 11.3. The number of fused-ring (bicyclic) bond motifs is 1. The first-order chi connectivity index (χ1) is 9.61. The van der Waals surface area contributed by atoms with Crippen LogP contribution in [0.4, 0.5) is 0 Å². The molecule has 7 heteroatoms. The van der Waals surface area contributed by atoms with Crippen molar-refractivity contribution in [1.82, 2.24) is 19.6 Å². The molecule has 0 aromatic carbocycles. The van der Waals surface area contributed by atoms with Crippen molar-refractivity contribution >= 4 is 5.97 Å². The molecule has 3 rings (SSSR count). The maximum absolute atomic E-state index is 11.3. The Balaban J connectivity index is 2.20. The molecule has 2 aromatic heterocycles. The standard InChI is InChI=1S/C13H16N4O3/c1-3-9-11(6-16(2)14-9)17-10-4-5-20-7-8(10)12(15-17)13(18)19/h6H,3-5,7H2,1-2H3,(H,18,19). The third kappa shape index (κ3) is 1.90. The Kier molecular flexibility index (Phi) is 3.06. The number of ether oxygens (including phenoxy) is 1. The molecule has 1 N–H and O–H groups in total. The molecule has 1 aliphatic heterocycles. The number of carboxylic acids is 1. The number of carbonyl (C=O) groups is 1. The summed E-state index contributed by atoms with van der Waals surface area (Å²) in [7, 11) is 1.85. The zero-order valence-corrected chi connectivity index (χ0v) is 11.5. The minimum absolute atomic E-state index is 0.0746. The monoisotopic (exact) mass is 276 g/mol. The number of aromatic carboxylic acids is 1. The number of aromatic nitrogens is 4. The van der Waals surface area contributed by atoms with Gasteiger partial charge in [0.15, 0.2) is 5.69 Å². The summed E-state index contributed by atoms with van der Waals surface area (Å²) in [6, 6.07) is 0. The van der Waals surface area contributed by atoms with Crippen molar-refractivity contribution < 1.29 is 14.6 Å². The van der Waals surface area contributed by atoms with E-state index in [-0.39, 0.29) is 5.69 Å². The molecule has 0 atom stereocenters. The minimum Gasteiger partial charge on any atom is -0.476 e. The zero-order valence-electron chi connectivity index (χ0n) is 11.5. The lowest BCUT2D eigenvalue weighted by atomic mass is 10.1. The molecular weight excluding hydrogens is 260 g/mol. The van der Waals surface area contributed by atoms with E-state index in [1.807, 2.05) is 20.2 Å². The van der Waals surface area contributed by atoms with Crippen molar-refractivity contribution in [2.75, 3.05) is 6.61 Å². The van der Waals surface area contributed by atoms with Crippen LogP contribution in [0.1, 0.15) is 34.4 Å². The number of nitrogens with zero attached hydrogens (tertiary/aromatic N) is 4. The van der Waals surface area contributed by atoms with Crippen LogP contribution in [0, 0.1) is 0 Å². The van der Waals surface area contributed by atoms with Crippen LogP contribution in [-0.2, 0) is 31.2 Å². The fraction of sp³-hybridized carbons (Fsp3) is 0.462. The van der Waals surface area contributed by atoms with Crippen LogP contribution in [0.5, 0.6) is 0 Å². The maximum Gasteiger partial charge on any atom is 0.356 e. The van der Waals surface area contributed by atoms with E-state index in [0.717, 1.165) is 23.5 Å². The van der Waals surface area contributed by atoms with E-state index in [9.17, 15) is 9.90 Å². The molecule has 0 bridgehead atoms. The summed E-state index contributed by atoms with van der Waals surface area (Å²) in [5.74, 6) is -1.02. The van der Waals surface area contributed by atoms with Gasteiger partial charge in [0, 0.05) is 19.0 Å². The molecule has 7 nitrogen and oxygen atoms in total. The minimum atomic E-state index is -1.02. The second-order valence-electron chi connectivity index (χ2n) is 4.78. The van der Waals surface area contributed by atoms with E-state index in [0.29, 0.717) is 25.2 Å². The number of aryl methyl sites for hydroxylation is 2. The summed E-state index contributed by atoms with van der Waals surface area (Å²) < 4.78 is 8.80. The van der Waals surface area contributed by atoms with E-state index >= 15 is 0 Å². The Morgan fingerprint density at radius 2 is 2.30 bits per heavy atom. The Morgan fingerprint density at radius 3 is 3.00 bits per heavy atom. The third-order valence-electron chi connectivity index (χ3n) is 3.47. The van der Waals surface area contributed by atoms with Gasteiger partial charge in [0.25, 0.3) is 0 Å². The van der Waals surface area contributed by atoms with Gasteiger partial charge in [-0.15, -0.1) is 0 Å². The van der Waals surface area contributed by atoms with Gasteiger partial charge >= 0.3 is 5.97 Å². The molecule has 0 amide bonds. The summed E-state index contributed by atoms with van der Waals surface area (Å²) in [5, 5.41) is 17.9. The molecule has 0 saturated carbocycles. The molecule has 0 saturated heterocycles. The Morgan fingerprint density at radius 1 is 1.50 bits per heavy atom. The van der Waals surface area contributed by atoms with Gasteiger partial charge in [0.05, 0.1) is 30.8 Å². The van der Waals surface area contributed by atoms with Gasteiger partial charge in [-0.25, -0.2) is 9.48 Å². The topological polar surface area (TPSA) is 82.2 Å². The van der Waals surface area contributed by atoms with Gasteiger partial charge in [0.2, 0.25) is 0 Å². The highest BCUT2D eigenvalue weighted by Crippen LogP contribution is 2.25. The highest BCUT2D eigenvalue weighted by Gasteiger charge is 2.27. The van der Waals surface area contributed by atoms with Gasteiger partial charge in [-0.2, -0.15) is 10.2 Å². The number of rotatable bonds is 3. The number of carboxylic acid groups (broad SMARTS) is 1. The van der Waals surface area contributed by atoms with Gasteiger partial charge in [-0.1, -0.05) is 6.92 Å². The zero-order chi connectivity index (χ0) is 14.3. The van der Waals surface area contributed by atoms with E-state index in [2.05, 4.69) is 10.2 Å². The first-order valence-electron chi connectivity index (χ1n) is 6.56. The van der Waals surface area contributed by atoms with Gasteiger partial charge in [-0.3, -0.25) is 4.68 Å². The number of hydrogen-bond acceptors (Lipinski definition) is 4. The fourth-order valence-corrected chi connectivity index (χ4v) is 2.56. The first-order valence-corrected chi connectivity index (χ1v) is 6.56. The molecular formula is C13H16N4O3. The lowest BCUT2D eigenvalue weighted by Gasteiger charge is -2.14. The first kappa shape index (κ1) is 12.9. The smallest absolute Gasteiger partial charge is 0.356 e. The molecule has 0 spiro atoms. The van der Waals surface area contributed by atoms with Crippen molar-refractivity contribution in [3.8, 4) is 5.69 Å². The quantitative estimate of drug-likeness (QED) is 0.902. The van der Waals surface area contributed by atoms with E-state index in [1.54, 1.807) is 9.36 Å². The average Bonchev–Trinajstić information content (AvgIpc) is 2.98. The Labute approximate surface area is 115 Å². The van der Waals surface area contributed by atoms with Crippen LogP contribution in [0.3, 0.4) is 0 Å². The summed E-state index contributed by atoms with van der Waals surface area (Å²) in [4.78, 5) is 11.3. The van der Waals surface area contributed by atoms with Crippen LogP contribution in [0.25, 0.3) is 5.69 Å². The molecule has 0 unspecified atom stereocenters. The van der Waals surface area contributed by atoms with Gasteiger partial charge < -0.3 is 9.84 Å². The summed E-state index contributed by atoms with van der Waals surface area (Å²) in [6.45, 7) is 2.90. The summed E-state index contributed by atoms with van der Waals surface area (Å²) >= 11 is 0. The Bertz CT molecular complexity index is 671. The average molecular weight is 276 g/mol. The van der Waals surface area contributed by atoms with Crippen molar-refractivity contribution in [2.24, 2.45) is 7.05 Å². The van der Waals surface area contributed by atoms with Crippen molar-refractivity contribution in [3.63, 3.8) is 0 Å². The molecule has 3 heterocycles. The lowest BCUT2D eigenvalue weighted by Crippen LogP contribution is -2.14. The normalized spacial score (nSPS) is 14.3. The molecule has 20 heavy (non-hydrogen) atoms. The Hall–Kier alpha value is -2.15. The highest BCUT2D eigenvalue weighted by molar-refractivity contribution is 5.87. The fourth-order valence-electron chi connectivity index (χ4n) is 2.56.